The molecule has 0 aromatic heterocycles. The summed E-state index contributed by atoms with van der Waals surface area (Å²) in [4.78, 5) is 23.9. The Bertz CT molecular complexity index is 814. The Hall–Kier alpha value is -2.76. The number of nitrogens with one attached hydrogen (secondary N) is 2. The van der Waals surface area contributed by atoms with Crippen molar-refractivity contribution < 1.29 is 14.2 Å². The number of carbonyl (C=O) groups is 2. The molecule has 0 heterocycles. The molecule has 0 fully saturated rings. The van der Waals surface area contributed by atoms with Crippen LogP contribution in [0.4, 0.5) is 11.4 Å². The molecule has 0 spiro atoms. The zero-order chi connectivity index (χ0) is 23.6. The van der Waals surface area contributed by atoms with Crippen molar-refractivity contribution in [3.8, 4) is 5.75 Å². The van der Waals surface area contributed by atoms with Crippen LogP contribution in [0.5, 0.6) is 5.75 Å². The lowest BCUT2D eigenvalue weighted by molar-refractivity contribution is -0.117. The minimum absolute atomic E-state index is 0.0689. The van der Waals surface area contributed by atoms with Crippen LogP contribution in [0.2, 0.25) is 0 Å². The van der Waals surface area contributed by atoms with Crippen LogP contribution in [0.1, 0.15) is 83.5 Å². The van der Waals surface area contributed by atoms with Crippen LogP contribution in [0, 0.1) is 6.07 Å². The molecule has 2 N–H and O–H groups in total. The minimum atomic E-state index is 0.0689. The number of rotatable bonds is 17. The van der Waals surface area contributed by atoms with Gasteiger partial charge in [0.1, 0.15) is 5.75 Å². The number of benzene rings is 2. The Morgan fingerprint density at radius 2 is 1.18 bits per heavy atom. The molecule has 2 aromatic rings. The molecule has 33 heavy (non-hydrogen) atoms. The Morgan fingerprint density at radius 3 is 1.70 bits per heavy atom. The average Bonchev–Trinajstić information content (AvgIpc) is 2.82. The van der Waals surface area contributed by atoms with Gasteiger partial charge in [-0.1, -0.05) is 76.0 Å². The summed E-state index contributed by atoms with van der Waals surface area (Å²) >= 11 is 0. The largest absolute Gasteiger partial charge is 0.568 e. The van der Waals surface area contributed by atoms with Crippen LogP contribution >= 0.6 is 0 Å². The molecule has 2 rings (SSSR count). The van der Waals surface area contributed by atoms with Crippen molar-refractivity contribution in [3.05, 3.63) is 54.6 Å². The predicted molar refractivity (Wildman–Crippen MR) is 138 cm³/mol. The highest BCUT2D eigenvalue weighted by Crippen LogP contribution is 2.17. The molecule has 0 bridgehead atoms. The van der Waals surface area contributed by atoms with Crippen LogP contribution in [0.3, 0.4) is 0 Å². The Balaban J connectivity index is 1.34. The maximum atomic E-state index is 12.0. The lowest BCUT2D eigenvalue weighted by Gasteiger charge is -2.07. The highest BCUT2D eigenvalue weighted by molar-refractivity contribution is 6.00. The van der Waals surface area contributed by atoms with Crippen molar-refractivity contribution in [2.45, 2.75) is 83.5 Å². The van der Waals surface area contributed by atoms with E-state index in [-0.39, 0.29) is 11.8 Å². The molecular weight excluding hydrogens is 411 g/mol. The van der Waals surface area contributed by atoms with Gasteiger partial charge in [0.05, 0.1) is 0 Å². The second-order valence-electron chi connectivity index (χ2n) is 8.51. The van der Waals surface area contributed by atoms with Crippen molar-refractivity contribution in [2.75, 3.05) is 10.6 Å². The number of hydrogen-bond acceptors (Lipinski definition) is 3. The molecule has 1 radical (unpaired) electrons. The van der Waals surface area contributed by atoms with Gasteiger partial charge in [-0.3, -0.25) is 9.59 Å². The SMILES string of the molecule is BOc1cccc(NC(=O)CCCCCCCCCCCCCC(=O)Nc2cc[c]cc2)c1. The fraction of sp³-hybridized carbons (Fsp3) is 0.481. The number of unbranched alkanes of at least 4 members (excludes halogenated alkanes) is 10. The quantitative estimate of drug-likeness (QED) is 0.228. The van der Waals surface area contributed by atoms with Gasteiger partial charge in [0.15, 0.2) is 0 Å². The van der Waals surface area contributed by atoms with Crippen LogP contribution in [-0.4, -0.2) is 19.9 Å². The van der Waals surface area contributed by atoms with Crippen LogP contribution in [0.15, 0.2) is 48.5 Å². The molecule has 2 amide bonds. The maximum Gasteiger partial charge on any atom is 0.322 e. The fourth-order valence-corrected chi connectivity index (χ4v) is 3.78. The van der Waals surface area contributed by atoms with E-state index in [1.54, 1.807) is 20.2 Å². The second kappa shape index (κ2) is 16.8. The van der Waals surface area contributed by atoms with Gasteiger partial charge < -0.3 is 15.3 Å². The fourth-order valence-electron chi connectivity index (χ4n) is 3.78. The average molecular weight is 449 g/mol. The van der Waals surface area contributed by atoms with E-state index < -0.39 is 0 Å². The molecule has 0 aliphatic carbocycles. The lowest BCUT2D eigenvalue weighted by atomic mass is 10.0. The van der Waals surface area contributed by atoms with E-state index in [9.17, 15) is 9.59 Å². The standard InChI is InChI=1S/C27H38BN2O3/c28-33-25-19-15-18-24(22-25)30-27(32)21-14-9-7-5-3-1-2-4-6-8-13-20-26(31)29-23-16-11-10-12-17-23/h11-12,15-19,22H,1-9,13-14,20-21,28H2,(H,29,31)(H,30,32). The highest BCUT2D eigenvalue weighted by Gasteiger charge is 2.04. The number of anilines is 2. The lowest BCUT2D eigenvalue weighted by Crippen LogP contribution is -2.11. The second-order valence-corrected chi connectivity index (χ2v) is 8.51. The van der Waals surface area contributed by atoms with Crippen molar-refractivity contribution in [3.63, 3.8) is 0 Å². The smallest absolute Gasteiger partial charge is 0.322 e. The Kier molecular flexibility index (Phi) is 13.5. The van der Waals surface area contributed by atoms with Gasteiger partial charge in [-0.05, 0) is 43.2 Å². The van der Waals surface area contributed by atoms with Crippen molar-refractivity contribution in [2.24, 2.45) is 0 Å². The number of carbonyl (C=O) groups excluding carboxylic acids is 2. The van der Waals surface area contributed by atoms with Crippen molar-refractivity contribution in [1.29, 1.82) is 0 Å². The molecule has 0 atom stereocenters. The van der Waals surface area contributed by atoms with Gasteiger partial charge in [-0.2, -0.15) is 0 Å². The van der Waals surface area contributed by atoms with Gasteiger partial charge >= 0.3 is 8.05 Å². The van der Waals surface area contributed by atoms with Gasteiger partial charge in [-0.15, -0.1) is 0 Å². The molecule has 6 heteroatoms. The molecule has 0 unspecified atom stereocenters. The summed E-state index contributed by atoms with van der Waals surface area (Å²) in [6.07, 6.45) is 14.0. The van der Waals surface area contributed by atoms with Gasteiger partial charge in [0.2, 0.25) is 11.8 Å². The number of hydrogen-bond donors (Lipinski definition) is 2. The van der Waals surface area contributed by atoms with E-state index in [1.165, 1.54) is 44.9 Å². The Morgan fingerprint density at radius 1 is 0.697 bits per heavy atom. The van der Waals surface area contributed by atoms with Crippen molar-refractivity contribution >= 4 is 31.2 Å². The van der Waals surface area contributed by atoms with Crippen molar-refractivity contribution in [1.82, 2.24) is 0 Å². The molecule has 177 valence electrons. The molecule has 0 aliphatic rings. The first-order valence-electron chi connectivity index (χ1n) is 12.4. The normalized spacial score (nSPS) is 10.5. The third-order valence-corrected chi connectivity index (χ3v) is 5.66. The van der Waals surface area contributed by atoms with E-state index in [1.807, 2.05) is 36.4 Å². The molecule has 0 saturated carbocycles. The van der Waals surface area contributed by atoms with E-state index in [0.717, 1.165) is 42.8 Å². The molecular formula is C27H38BN2O3. The zero-order valence-corrected chi connectivity index (χ0v) is 20.0. The zero-order valence-electron chi connectivity index (χ0n) is 20.0. The summed E-state index contributed by atoms with van der Waals surface area (Å²) in [6, 6.07) is 17.7. The summed E-state index contributed by atoms with van der Waals surface area (Å²) in [5, 5.41) is 5.85. The van der Waals surface area contributed by atoms with Gasteiger partial charge in [0.25, 0.3) is 0 Å². The van der Waals surface area contributed by atoms with E-state index in [0.29, 0.717) is 12.8 Å². The maximum absolute atomic E-state index is 12.0. The first-order valence-corrected chi connectivity index (χ1v) is 12.4. The molecule has 0 aliphatic heterocycles. The van der Waals surface area contributed by atoms with Crippen LogP contribution < -0.4 is 15.3 Å². The summed E-state index contributed by atoms with van der Waals surface area (Å²) < 4.78 is 5.17. The van der Waals surface area contributed by atoms with E-state index >= 15 is 0 Å². The molecule has 5 nitrogen and oxygen atoms in total. The molecule has 2 aromatic carbocycles. The predicted octanol–water partition coefficient (Wildman–Crippen LogP) is 6.06. The third kappa shape index (κ3) is 12.8. The molecule has 0 saturated heterocycles. The van der Waals surface area contributed by atoms with Crippen LogP contribution in [0.25, 0.3) is 0 Å². The topological polar surface area (TPSA) is 67.4 Å². The van der Waals surface area contributed by atoms with E-state index in [2.05, 4.69) is 16.7 Å². The van der Waals surface area contributed by atoms with Crippen LogP contribution in [-0.2, 0) is 9.59 Å². The highest BCUT2D eigenvalue weighted by atomic mass is 16.4. The minimum Gasteiger partial charge on any atom is -0.568 e. The Labute approximate surface area is 200 Å². The monoisotopic (exact) mass is 449 g/mol. The summed E-state index contributed by atoms with van der Waals surface area (Å²) in [5.74, 6) is 0.913. The first kappa shape index (κ1) is 26.5. The summed E-state index contributed by atoms with van der Waals surface area (Å²) in [6.45, 7) is 0. The third-order valence-electron chi connectivity index (χ3n) is 5.66. The summed E-state index contributed by atoms with van der Waals surface area (Å²) in [5.41, 5.74) is 1.63. The first-order chi connectivity index (χ1) is 16.2. The summed E-state index contributed by atoms with van der Waals surface area (Å²) in [7, 11) is 1.62. The number of amides is 2. The van der Waals surface area contributed by atoms with Gasteiger partial charge in [0, 0.05) is 30.3 Å². The van der Waals surface area contributed by atoms with Gasteiger partial charge in [-0.25, -0.2) is 0 Å². The van der Waals surface area contributed by atoms with E-state index in [4.69, 9.17) is 4.65 Å².